The van der Waals surface area contributed by atoms with Gasteiger partial charge in [-0.25, -0.2) is 0 Å². The predicted octanol–water partition coefficient (Wildman–Crippen LogP) is 5.07. The van der Waals surface area contributed by atoms with Gasteiger partial charge >= 0.3 is 0 Å². The molecule has 0 atom stereocenters. The Bertz CT molecular complexity index is 1390. The lowest BCUT2D eigenvalue weighted by molar-refractivity contribution is 0.103. The van der Waals surface area contributed by atoms with E-state index in [1.165, 1.54) is 6.08 Å². The average molecular weight is 461 g/mol. The van der Waals surface area contributed by atoms with Crippen molar-refractivity contribution >= 4 is 27.2 Å². The van der Waals surface area contributed by atoms with Gasteiger partial charge in [-0.3, -0.25) is 4.79 Å². The Morgan fingerprint density at radius 2 is 1.64 bits per heavy atom. The molecule has 0 spiro atoms. The summed E-state index contributed by atoms with van der Waals surface area (Å²) in [7, 11) is -3.99. The van der Waals surface area contributed by atoms with Crippen LogP contribution in [0.25, 0.3) is 0 Å². The zero-order valence-corrected chi connectivity index (χ0v) is 19.4. The Hall–Kier alpha value is -3.71. The highest BCUT2D eigenvalue weighted by molar-refractivity contribution is 7.90. The first kappa shape index (κ1) is 22.5. The second-order valence-electron chi connectivity index (χ2n) is 7.74. The lowest BCUT2D eigenvalue weighted by atomic mass is 9.92. The Balaban J connectivity index is 1.76. The van der Waals surface area contributed by atoms with Gasteiger partial charge in [0.15, 0.2) is 0 Å². The molecular formula is C26H24N2O4S. The van der Waals surface area contributed by atoms with Gasteiger partial charge in [0.05, 0.1) is 22.9 Å². The molecular weight excluding hydrogens is 436 g/mol. The van der Waals surface area contributed by atoms with E-state index in [0.717, 1.165) is 11.3 Å². The number of anilines is 1. The quantitative estimate of drug-likeness (QED) is 0.555. The fourth-order valence-corrected chi connectivity index (χ4v) is 4.94. The van der Waals surface area contributed by atoms with Crippen molar-refractivity contribution in [3.05, 3.63) is 101 Å². The van der Waals surface area contributed by atoms with Crippen LogP contribution >= 0.6 is 0 Å². The molecule has 3 aromatic rings. The van der Waals surface area contributed by atoms with E-state index in [2.05, 4.69) is 9.71 Å². The third kappa shape index (κ3) is 4.73. The molecule has 168 valence electrons. The van der Waals surface area contributed by atoms with Crippen molar-refractivity contribution in [2.75, 3.05) is 11.9 Å². The number of benzene rings is 3. The minimum atomic E-state index is -3.99. The summed E-state index contributed by atoms with van der Waals surface area (Å²) in [6, 6.07) is 19.2. The van der Waals surface area contributed by atoms with Crippen LogP contribution in [-0.2, 0) is 10.0 Å². The minimum Gasteiger partial charge on any atom is -0.494 e. The van der Waals surface area contributed by atoms with E-state index < -0.39 is 10.0 Å². The molecule has 0 unspecified atom stereocenters. The van der Waals surface area contributed by atoms with Crippen molar-refractivity contribution in [1.82, 2.24) is 0 Å². The van der Waals surface area contributed by atoms with E-state index >= 15 is 0 Å². The number of carbonyl (C=O) groups excluding carboxylic acids is 1. The molecule has 0 saturated heterocycles. The highest BCUT2D eigenvalue weighted by atomic mass is 32.2. The number of hydrogen-bond donors (Lipinski definition) is 1. The molecule has 0 aromatic heterocycles. The van der Waals surface area contributed by atoms with Crippen LogP contribution < -0.4 is 10.1 Å². The average Bonchev–Trinajstić information content (AvgIpc) is 2.78. The van der Waals surface area contributed by atoms with E-state index in [4.69, 9.17) is 4.74 Å². The van der Waals surface area contributed by atoms with Gasteiger partial charge in [0.2, 0.25) is 5.78 Å². The molecule has 1 aliphatic rings. The van der Waals surface area contributed by atoms with Crippen molar-refractivity contribution < 1.29 is 17.9 Å². The summed E-state index contributed by atoms with van der Waals surface area (Å²) < 4.78 is 35.9. The molecule has 1 N–H and O–H groups in total. The zero-order valence-electron chi connectivity index (χ0n) is 18.6. The van der Waals surface area contributed by atoms with Gasteiger partial charge in [-0.15, -0.1) is 0 Å². The first-order chi connectivity index (χ1) is 15.8. The number of carbonyl (C=O) groups is 1. The molecule has 1 aliphatic carbocycles. The number of ketones is 1. The molecule has 0 saturated carbocycles. The van der Waals surface area contributed by atoms with Gasteiger partial charge in [0, 0.05) is 16.8 Å². The molecule has 3 aromatic carbocycles. The van der Waals surface area contributed by atoms with Gasteiger partial charge in [-0.05, 0) is 62.7 Å². The SMILES string of the molecule is CCOc1ccc(NC2=C/C(=N/S(=O)(=O)c3ccc(C)cc3C)c3ccccc3C2=O)cc1. The van der Waals surface area contributed by atoms with Crippen LogP contribution in [0.2, 0.25) is 0 Å². The highest BCUT2D eigenvalue weighted by Crippen LogP contribution is 2.27. The lowest BCUT2D eigenvalue weighted by Crippen LogP contribution is -2.22. The van der Waals surface area contributed by atoms with Crippen molar-refractivity contribution in [2.45, 2.75) is 25.7 Å². The molecule has 0 heterocycles. The Morgan fingerprint density at radius 3 is 2.30 bits per heavy atom. The Kier molecular flexibility index (Phi) is 6.16. The second kappa shape index (κ2) is 9.03. The monoisotopic (exact) mass is 460 g/mol. The molecule has 0 amide bonds. The van der Waals surface area contributed by atoms with Crippen LogP contribution in [0.15, 0.2) is 87.8 Å². The minimum absolute atomic E-state index is 0.143. The van der Waals surface area contributed by atoms with Gasteiger partial charge < -0.3 is 10.1 Å². The number of fused-ring (bicyclic) bond motifs is 1. The van der Waals surface area contributed by atoms with Crippen LogP contribution in [0.4, 0.5) is 5.69 Å². The lowest BCUT2D eigenvalue weighted by Gasteiger charge is -2.19. The molecule has 4 rings (SSSR count). The first-order valence-corrected chi connectivity index (χ1v) is 12.0. The van der Waals surface area contributed by atoms with Gasteiger partial charge in [0.1, 0.15) is 5.75 Å². The van der Waals surface area contributed by atoms with Gasteiger partial charge in [-0.1, -0.05) is 42.0 Å². The maximum absolute atomic E-state index is 13.2. The summed E-state index contributed by atoms with van der Waals surface area (Å²) in [6.45, 7) is 6.11. The van der Waals surface area contributed by atoms with Crippen LogP contribution in [0.3, 0.4) is 0 Å². The number of aryl methyl sites for hydroxylation is 2. The molecule has 0 radical (unpaired) electrons. The number of Topliss-reactive ketones (excluding diaryl/α,β-unsaturated/α-hetero) is 1. The van der Waals surface area contributed by atoms with Crippen molar-refractivity contribution in [3.63, 3.8) is 0 Å². The van der Waals surface area contributed by atoms with Crippen LogP contribution in [0.5, 0.6) is 5.75 Å². The van der Waals surface area contributed by atoms with Crippen molar-refractivity contribution in [1.29, 1.82) is 0 Å². The predicted molar refractivity (Wildman–Crippen MR) is 130 cm³/mol. The third-order valence-corrected chi connectivity index (χ3v) is 6.70. The van der Waals surface area contributed by atoms with E-state index in [-0.39, 0.29) is 22.1 Å². The molecule has 7 heteroatoms. The van der Waals surface area contributed by atoms with E-state index in [9.17, 15) is 13.2 Å². The van der Waals surface area contributed by atoms with Gasteiger partial charge in [-0.2, -0.15) is 12.8 Å². The number of sulfonamides is 1. The van der Waals surface area contributed by atoms with Crippen molar-refractivity contribution in [2.24, 2.45) is 4.40 Å². The van der Waals surface area contributed by atoms with E-state index in [1.807, 2.05) is 13.8 Å². The standard InChI is InChI=1S/C26H24N2O4S/c1-4-32-20-12-10-19(11-13-20)27-24-16-23(21-7-5-6-8-22(21)26(24)29)28-33(30,31)25-14-9-17(2)15-18(25)3/h5-16,27H,4H2,1-3H3/b28-23-. The van der Waals surface area contributed by atoms with E-state index in [0.29, 0.717) is 29.0 Å². The number of ether oxygens (including phenoxy) is 1. The normalized spacial score (nSPS) is 14.6. The number of rotatable bonds is 6. The summed E-state index contributed by atoms with van der Waals surface area (Å²) in [5.74, 6) is 0.488. The van der Waals surface area contributed by atoms with Crippen molar-refractivity contribution in [3.8, 4) is 5.75 Å². The number of nitrogens with zero attached hydrogens (tertiary/aromatic N) is 1. The maximum atomic E-state index is 13.2. The van der Waals surface area contributed by atoms with E-state index in [1.54, 1.807) is 73.7 Å². The maximum Gasteiger partial charge on any atom is 0.283 e. The highest BCUT2D eigenvalue weighted by Gasteiger charge is 2.26. The molecule has 0 aliphatic heterocycles. The summed E-state index contributed by atoms with van der Waals surface area (Å²) >= 11 is 0. The molecule has 33 heavy (non-hydrogen) atoms. The van der Waals surface area contributed by atoms with Gasteiger partial charge in [0.25, 0.3) is 10.0 Å². The van der Waals surface area contributed by atoms with Crippen LogP contribution in [-0.4, -0.2) is 26.5 Å². The van der Waals surface area contributed by atoms with Crippen LogP contribution in [0, 0.1) is 13.8 Å². The summed E-state index contributed by atoms with van der Waals surface area (Å²) in [5, 5.41) is 3.10. The molecule has 0 bridgehead atoms. The van der Waals surface area contributed by atoms with Crippen LogP contribution in [0.1, 0.15) is 34.0 Å². The molecule has 0 fully saturated rings. The topological polar surface area (TPSA) is 84.8 Å². The summed E-state index contributed by atoms with van der Waals surface area (Å²) in [5.41, 5.74) is 3.59. The first-order valence-electron chi connectivity index (χ1n) is 10.6. The number of nitrogens with one attached hydrogen (secondary N) is 1. The number of allylic oxidation sites excluding steroid dienone is 2. The largest absolute Gasteiger partial charge is 0.494 e. The fourth-order valence-electron chi connectivity index (χ4n) is 3.72. The number of hydrogen-bond acceptors (Lipinski definition) is 5. The Labute approximate surface area is 193 Å². The zero-order chi connectivity index (χ0) is 23.6. The fraction of sp³-hybridized carbons (Fsp3) is 0.154. The Morgan fingerprint density at radius 1 is 0.939 bits per heavy atom. The summed E-state index contributed by atoms with van der Waals surface area (Å²) in [4.78, 5) is 13.2. The second-order valence-corrected chi connectivity index (χ2v) is 9.31. The smallest absolute Gasteiger partial charge is 0.283 e. The summed E-state index contributed by atoms with van der Waals surface area (Å²) in [6.07, 6.45) is 1.49. The third-order valence-electron chi connectivity index (χ3n) is 5.24. The molecule has 6 nitrogen and oxygen atoms in total.